The van der Waals surface area contributed by atoms with E-state index < -0.39 is 17.8 Å². The number of hydrogen-bond donors (Lipinski definition) is 3. The molecule has 4 atom stereocenters. The zero-order valence-electron chi connectivity index (χ0n) is 13.0. The lowest BCUT2D eigenvalue weighted by Gasteiger charge is -2.24. The molecule has 0 spiro atoms. The molecule has 1 fully saturated rings. The summed E-state index contributed by atoms with van der Waals surface area (Å²) in [4.78, 5) is 35.6. The second kappa shape index (κ2) is 5.47. The lowest BCUT2D eigenvalue weighted by molar-refractivity contribution is -0.146. The predicted molar refractivity (Wildman–Crippen MR) is 87.4 cm³/mol. The minimum absolute atomic E-state index is 0.00245. The molecule has 24 heavy (non-hydrogen) atoms. The van der Waals surface area contributed by atoms with Gasteiger partial charge in [0.15, 0.2) is 0 Å². The van der Waals surface area contributed by atoms with Crippen molar-refractivity contribution in [3.63, 3.8) is 0 Å². The number of amides is 2. The predicted octanol–water partition coefficient (Wildman–Crippen LogP) is 2.03. The molecule has 0 aromatic heterocycles. The molecule has 2 aliphatic carbocycles. The number of nitrogens with one attached hydrogen (secondary N) is 2. The quantitative estimate of drug-likeness (QED) is 0.741. The van der Waals surface area contributed by atoms with Crippen LogP contribution in [0.5, 0.6) is 0 Å². The van der Waals surface area contributed by atoms with Gasteiger partial charge in [0.05, 0.1) is 11.8 Å². The van der Waals surface area contributed by atoms with Crippen LogP contribution in [0.3, 0.4) is 0 Å². The van der Waals surface area contributed by atoms with E-state index in [-0.39, 0.29) is 23.7 Å². The topological polar surface area (TPSA) is 95.5 Å². The van der Waals surface area contributed by atoms with Crippen LogP contribution >= 0.6 is 0 Å². The van der Waals surface area contributed by atoms with Crippen molar-refractivity contribution >= 4 is 29.2 Å². The maximum atomic E-state index is 12.7. The first-order chi connectivity index (χ1) is 11.5. The summed E-state index contributed by atoms with van der Waals surface area (Å²) in [5.41, 5.74) is 2.40. The van der Waals surface area contributed by atoms with Crippen LogP contribution in [0, 0.1) is 23.7 Å². The van der Waals surface area contributed by atoms with Gasteiger partial charge in [0.1, 0.15) is 0 Å². The first kappa shape index (κ1) is 14.9. The monoisotopic (exact) mass is 326 g/mol. The highest BCUT2D eigenvalue weighted by Gasteiger charge is 2.51. The van der Waals surface area contributed by atoms with Crippen molar-refractivity contribution in [2.75, 3.05) is 10.6 Å². The van der Waals surface area contributed by atoms with Crippen LogP contribution in [0.2, 0.25) is 0 Å². The van der Waals surface area contributed by atoms with Gasteiger partial charge in [0.25, 0.3) is 0 Å². The van der Waals surface area contributed by atoms with Crippen molar-refractivity contribution in [2.24, 2.45) is 23.7 Å². The molecule has 2 amide bonds. The van der Waals surface area contributed by atoms with Crippen LogP contribution in [0.1, 0.15) is 18.4 Å². The number of carbonyl (C=O) groups is 3. The Bertz CT molecular complexity index is 770. The van der Waals surface area contributed by atoms with E-state index in [4.69, 9.17) is 0 Å². The van der Waals surface area contributed by atoms with Gasteiger partial charge < -0.3 is 15.7 Å². The van der Waals surface area contributed by atoms with E-state index in [1.807, 2.05) is 18.2 Å². The van der Waals surface area contributed by atoms with Crippen LogP contribution < -0.4 is 10.6 Å². The zero-order valence-corrected chi connectivity index (χ0v) is 13.0. The van der Waals surface area contributed by atoms with Crippen molar-refractivity contribution < 1.29 is 19.5 Å². The molecular formula is C18H18N2O4. The molecule has 3 N–H and O–H groups in total. The third-order valence-electron chi connectivity index (χ3n) is 5.32. The Balaban J connectivity index is 1.53. The van der Waals surface area contributed by atoms with Crippen molar-refractivity contribution in [3.8, 4) is 0 Å². The third kappa shape index (κ3) is 2.38. The number of aliphatic carboxylic acids is 1. The average molecular weight is 326 g/mol. The molecule has 6 nitrogen and oxygen atoms in total. The maximum Gasteiger partial charge on any atom is 0.307 e. The molecule has 2 bridgehead atoms. The molecule has 124 valence electrons. The SMILES string of the molecule is O=C1CCc2cc(NC(=O)[C@H]3[C@@H](C(=O)O)[C@H]4C=C[C@H]3C4)ccc2N1. The summed E-state index contributed by atoms with van der Waals surface area (Å²) in [5.74, 6) is -2.34. The highest BCUT2D eigenvalue weighted by molar-refractivity contribution is 5.98. The highest BCUT2D eigenvalue weighted by atomic mass is 16.4. The summed E-state index contributed by atoms with van der Waals surface area (Å²) >= 11 is 0. The lowest BCUT2D eigenvalue weighted by Crippen LogP contribution is -2.36. The summed E-state index contributed by atoms with van der Waals surface area (Å²) in [6, 6.07) is 5.37. The molecule has 4 rings (SSSR count). The standard InChI is InChI=1S/C18H18N2O4/c21-14-6-3-9-8-12(4-5-13(9)20-14)19-17(22)15-10-1-2-11(7-10)16(15)18(23)24/h1-2,4-5,8,10-11,15-16H,3,6-7H2,(H,19,22)(H,20,21)(H,23,24)/t10-,11-,15+,16-/m0/s1. The fourth-order valence-corrected chi connectivity index (χ4v) is 4.20. The van der Waals surface area contributed by atoms with Gasteiger partial charge in [0.2, 0.25) is 11.8 Å². The third-order valence-corrected chi connectivity index (χ3v) is 5.32. The molecule has 1 aromatic carbocycles. The number of fused-ring (bicyclic) bond motifs is 3. The zero-order chi connectivity index (χ0) is 16.8. The van der Waals surface area contributed by atoms with E-state index >= 15 is 0 Å². The van der Waals surface area contributed by atoms with Gasteiger partial charge in [-0.2, -0.15) is 0 Å². The van der Waals surface area contributed by atoms with Crippen molar-refractivity contribution in [2.45, 2.75) is 19.3 Å². The van der Waals surface area contributed by atoms with Crippen molar-refractivity contribution in [1.82, 2.24) is 0 Å². The van der Waals surface area contributed by atoms with Crippen LogP contribution in [-0.4, -0.2) is 22.9 Å². The fraction of sp³-hybridized carbons (Fsp3) is 0.389. The molecule has 0 unspecified atom stereocenters. The van der Waals surface area contributed by atoms with Gasteiger partial charge >= 0.3 is 5.97 Å². The van der Waals surface area contributed by atoms with E-state index in [0.717, 1.165) is 17.7 Å². The largest absolute Gasteiger partial charge is 0.481 e. The van der Waals surface area contributed by atoms with E-state index in [1.165, 1.54) is 0 Å². The summed E-state index contributed by atoms with van der Waals surface area (Å²) < 4.78 is 0. The Morgan fingerprint density at radius 1 is 1.12 bits per heavy atom. The van der Waals surface area contributed by atoms with Gasteiger partial charge in [-0.05, 0) is 48.4 Å². The fourth-order valence-electron chi connectivity index (χ4n) is 4.20. The van der Waals surface area contributed by atoms with E-state index in [2.05, 4.69) is 10.6 Å². The first-order valence-corrected chi connectivity index (χ1v) is 8.17. The number of allylic oxidation sites excluding steroid dienone is 2. The molecular weight excluding hydrogens is 308 g/mol. The summed E-state index contributed by atoms with van der Waals surface area (Å²) in [6.45, 7) is 0. The minimum Gasteiger partial charge on any atom is -0.481 e. The van der Waals surface area contributed by atoms with E-state index in [0.29, 0.717) is 18.5 Å². The molecule has 0 saturated heterocycles. The first-order valence-electron chi connectivity index (χ1n) is 8.17. The summed E-state index contributed by atoms with van der Waals surface area (Å²) in [5, 5.41) is 15.1. The number of aryl methyl sites for hydroxylation is 1. The number of carboxylic acid groups (broad SMARTS) is 1. The number of carboxylic acids is 1. The molecule has 3 aliphatic rings. The molecule has 1 saturated carbocycles. The second-order valence-electron chi connectivity index (χ2n) is 6.75. The number of rotatable bonds is 3. The Kier molecular flexibility index (Phi) is 3.40. The van der Waals surface area contributed by atoms with Crippen LogP contribution in [0.25, 0.3) is 0 Å². The average Bonchev–Trinajstić information content (AvgIpc) is 3.16. The maximum absolute atomic E-state index is 12.7. The number of anilines is 2. The van der Waals surface area contributed by atoms with Gasteiger partial charge in [-0.15, -0.1) is 0 Å². The van der Waals surface area contributed by atoms with Crippen LogP contribution in [-0.2, 0) is 20.8 Å². The Morgan fingerprint density at radius 3 is 2.62 bits per heavy atom. The van der Waals surface area contributed by atoms with Gasteiger partial charge in [-0.1, -0.05) is 12.2 Å². The molecule has 1 aromatic rings. The number of benzene rings is 1. The van der Waals surface area contributed by atoms with E-state index in [9.17, 15) is 19.5 Å². The molecule has 1 heterocycles. The Morgan fingerprint density at radius 2 is 1.88 bits per heavy atom. The second-order valence-corrected chi connectivity index (χ2v) is 6.75. The highest BCUT2D eigenvalue weighted by Crippen LogP contribution is 2.48. The summed E-state index contributed by atoms with van der Waals surface area (Å²) in [6.07, 6.45) is 5.71. The normalized spacial score (nSPS) is 29.9. The van der Waals surface area contributed by atoms with Crippen LogP contribution in [0.4, 0.5) is 11.4 Å². The van der Waals surface area contributed by atoms with E-state index in [1.54, 1.807) is 12.1 Å². The summed E-state index contributed by atoms with van der Waals surface area (Å²) in [7, 11) is 0. The van der Waals surface area contributed by atoms with Crippen molar-refractivity contribution in [3.05, 3.63) is 35.9 Å². The number of carbonyl (C=O) groups excluding carboxylic acids is 2. The van der Waals surface area contributed by atoms with Crippen LogP contribution in [0.15, 0.2) is 30.4 Å². The Hall–Kier alpha value is -2.63. The molecule has 1 aliphatic heterocycles. The van der Waals surface area contributed by atoms with Gasteiger partial charge in [-0.25, -0.2) is 0 Å². The lowest BCUT2D eigenvalue weighted by atomic mass is 9.82. The van der Waals surface area contributed by atoms with Gasteiger partial charge in [-0.3, -0.25) is 14.4 Å². The Labute approximate surface area is 138 Å². The number of hydrogen-bond acceptors (Lipinski definition) is 3. The molecule has 0 radical (unpaired) electrons. The van der Waals surface area contributed by atoms with Crippen molar-refractivity contribution in [1.29, 1.82) is 0 Å². The molecule has 6 heteroatoms. The van der Waals surface area contributed by atoms with Gasteiger partial charge in [0, 0.05) is 17.8 Å². The smallest absolute Gasteiger partial charge is 0.307 e. The minimum atomic E-state index is -0.903.